The first-order chi connectivity index (χ1) is 10.4. The van der Waals surface area contributed by atoms with Crippen LogP contribution < -0.4 is 10.7 Å². The Morgan fingerprint density at radius 2 is 2.14 bits per heavy atom. The van der Waals surface area contributed by atoms with Crippen LogP contribution in [0.5, 0.6) is 0 Å². The molecule has 1 aromatic carbocycles. The third-order valence-corrected chi connectivity index (χ3v) is 2.96. The highest BCUT2D eigenvalue weighted by Crippen LogP contribution is 2.12. The lowest BCUT2D eigenvalue weighted by Gasteiger charge is -2.12. The number of halogens is 1. The molecule has 0 aliphatic rings. The van der Waals surface area contributed by atoms with Crippen molar-refractivity contribution in [3.05, 3.63) is 57.8 Å². The van der Waals surface area contributed by atoms with Gasteiger partial charge in [0.2, 0.25) is 5.43 Å². The second kappa shape index (κ2) is 6.48. The summed E-state index contributed by atoms with van der Waals surface area (Å²) in [5, 5.41) is 15.5. The molecule has 0 radical (unpaired) electrons. The molecule has 0 spiro atoms. The van der Waals surface area contributed by atoms with Gasteiger partial charge in [-0.25, -0.2) is 9.07 Å². The van der Waals surface area contributed by atoms with Crippen LogP contribution in [0.2, 0.25) is 0 Å². The normalized spacial score (nSPS) is 12.0. The smallest absolute Gasteiger partial charge is 0.275 e. The highest BCUT2D eigenvalue weighted by Gasteiger charge is 2.16. The third-order valence-electron chi connectivity index (χ3n) is 2.96. The highest BCUT2D eigenvalue weighted by atomic mass is 19.1. The first kappa shape index (κ1) is 15.8. The van der Waals surface area contributed by atoms with E-state index in [2.05, 4.69) is 10.4 Å². The van der Waals surface area contributed by atoms with Crippen molar-refractivity contribution < 1.29 is 14.3 Å². The number of carbonyl (C=O) groups is 1. The zero-order valence-corrected chi connectivity index (χ0v) is 12.2. The molecule has 2 aromatic rings. The zero-order chi connectivity index (χ0) is 16.3. The quantitative estimate of drug-likeness (QED) is 0.875. The number of amides is 1. The van der Waals surface area contributed by atoms with Crippen LogP contribution in [-0.4, -0.2) is 33.4 Å². The minimum absolute atomic E-state index is 0.00642. The van der Waals surface area contributed by atoms with Crippen molar-refractivity contribution in [3.8, 4) is 5.69 Å². The first-order valence-corrected chi connectivity index (χ1v) is 6.72. The van der Waals surface area contributed by atoms with Crippen LogP contribution in [0.1, 0.15) is 23.1 Å². The lowest BCUT2D eigenvalue weighted by atomic mass is 10.2. The number of aliphatic hydroxyl groups is 1. The van der Waals surface area contributed by atoms with Crippen LogP contribution in [0.25, 0.3) is 5.69 Å². The van der Waals surface area contributed by atoms with Gasteiger partial charge in [-0.3, -0.25) is 9.59 Å². The second-order valence-electron chi connectivity index (χ2n) is 4.92. The fourth-order valence-electron chi connectivity index (χ4n) is 1.90. The molecule has 1 aromatic heterocycles. The van der Waals surface area contributed by atoms with Crippen molar-refractivity contribution in [3.63, 3.8) is 0 Å². The van der Waals surface area contributed by atoms with Gasteiger partial charge in [0, 0.05) is 18.3 Å². The van der Waals surface area contributed by atoms with Crippen LogP contribution >= 0.6 is 0 Å². The van der Waals surface area contributed by atoms with Crippen molar-refractivity contribution in [2.45, 2.75) is 20.0 Å². The predicted molar refractivity (Wildman–Crippen MR) is 78.5 cm³/mol. The van der Waals surface area contributed by atoms with E-state index in [1.807, 2.05) is 0 Å². The second-order valence-corrected chi connectivity index (χ2v) is 4.92. The molecular formula is C15H16FN3O3. The van der Waals surface area contributed by atoms with E-state index in [1.165, 1.54) is 35.9 Å². The fourth-order valence-corrected chi connectivity index (χ4v) is 1.90. The molecular weight excluding hydrogens is 289 g/mol. The van der Waals surface area contributed by atoms with E-state index in [9.17, 15) is 14.0 Å². The average Bonchev–Trinajstić information content (AvgIpc) is 2.46. The molecule has 0 aliphatic heterocycles. The molecule has 1 atom stereocenters. The van der Waals surface area contributed by atoms with Gasteiger partial charge in [-0.1, -0.05) is 12.1 Å². The maximum atomic E-state index is 13.9. The molecule has 2 rings (SSSR count). The number of hydrogen-bond acceptors (Lipinski definition) is 4. The minimum atomic E-state index is -0.747. The van der Waals surface area contributed by atoms with E-state index in [-0.39, 0.29) is 17.9 Å². The molecule has 0 saturated carbocycles. The number of carbonyl (C=O) groups excluding carboxylic acids is 1. The SMILES string of the molecule is Cc1cc(=O)c(C(=O)NCC(C)O)nn1-c1ccccc1F. The number of aliphatic hydroxyl groups excluding tert-OH is 1. The van der Waals surface area contributed by atoms with E-state index in [1.54, 1.807) is 13.0 Å². The third kappa shape index (κ3) is 3.37. The van der Waals surface area contributed by atoms with Crippen LogP contribution in [-0.2, 0) is 0 Å². The van der Waals surface area contributed by atoms with Gasteiger partial charge >= 0.3 is 0 Å². The van der Waals surface area contributed by atoms with Gasteiger partial charge < -0.3 is 10.4 Å². The summed E-state index contributed by atoms with van der Waals surface area (Å²) in [6.07, 6.45) is -0.747. The number of rotatable bonds is 4. The Labute approximate surface area is 126 Å². The highest BCUT2D eigenvalue weighted by molar-refractivity contribution is 5.92. The molecule has 0 saturated heterocycles. The Bertz CT molecular complexity index is 756. The van der Waals surface area contributed by atoms with Gasteiger partial charge in [-0.05, 0) is 26.0 Å². The molecule has 0 aliphatic carbocycles. The summed E-state index contributed by atoms with van der Waals surface area (Å²) < 4.78 is 15.1. The van der Waals surface area contributed by atoms with Crippen molar-refractivity contribution >= 4 is 5.91 Å². The van der Waals surface area contributed by atoms with Gasteiger partial charge in [0.25, 0.3) is 5.91 Å². The van der Waals surface area contributed by atoms with Crippen molar-refractivity contribution in [2.24, 2.45) is 0 Å². The summed E-state index contributed by atoms with van der Waals surface area (Å²) in [5.74, 6) is -1.23. The molecule has 0 fully saturated rings. The van der Waals surface area contributed by atoms with Crippen molar-refractivity contribution in [1.82, 2.24) is 15.1 Å². The lowest BCUT2D eigenvalue weighted by molar-refractivity contribution is 0.0916. The molecule has 1 heterocycles. The monoisotopic (exact) mass is 305 g/mol. The van der Waals surface area contributed by atoms with Crippen molar-refractivity contribution in [2.75, 3.05) is 6.54 Å². The summed E-state index contributed by atoms with van der Waals surface area (Å²) >= 11 is 0. The molecule has 1 unspecified atom stereocenters. The van der Waals surface area contributed by atoms with Gasteiger partial charge in [0.05, 0.1) is 6.10 Å². The van der Waals surface area contributed by atoms with Crippen LogP contribution in [0.15, 0.2) is 35.1 Å². The van der Waals surface area contributed by atoms with Gasteiger partial charge in [-0.15, -0.1) is 0 Å². The number of para-hydroxylation sites is 1. The van der Waals surface area contributed by atoms with Gasteiger partial charge in [0.15, 0.2) is 5.69 Å². The summed E-state index contributed by atoms with van der Waals surface area (Å²) in [6, 6.07) is 7.15. The molecule has 0 bridgehead atoms. The standard InChI is InChI=1S/C15H16FN3O3/c1-9-7-13(21)14(15(22)17-8-10(2)20)18-19(9)12-6-4-3-5-11(12)16/h3-7,10,20H,8H2,1-2H3,(H,17,22). The lowest BCUT2D eigenvalue weighted by Crippen LogP contribution is -2.35. The van der Waals surface area contributed by atoms with E-state index in [0.717, 1.165) is 0 Å². The minimum Gasteiger partial charge on any atom is -0.392 e. The number of nitrogens with zero attached hydrogens (tertiary/aromatic N) is 2. The van der Waals surface area contributed by atoms with Gasteiger partial charge in [0.1, 0.15) is 11.5 Å². The van der Waals surface area contributed by atoms with E-state index in [0.29, 0.717) is 5.69 Å². The Hall–Kier alpha value is -2.54. The molecule has 22 heavy (non-hydrogen) atoms. The number of benzene rings is 1. The van der Waals surface area contributed by atoms with Gasteiger partial charge in [-0.2, -0.15) is 5.10 Å². The number of aromatic nitrogens is 2. The number of nitrogens with one attached hydrogen (secondary N) is 1. The number of hydrogen-bond donors (Lipinski definition) is 2. The Kier molecular flexibility index (Phi) is 4.67. The summed E-state index contributed by atoms with van der Waals surface area (Å²) in [4.78, 5) is 23.9. The van der Waals surface area contributed by atoms with E-state index in [4.69, 9.17) is 5.11 Å². The molecule has 6 nitrogen and oxygen atoms in total. The fraction of sp³-hybridized carbons (Fsp3) is 0.267. The zero-order valence-electron chi connectivity index (χ0n) is 12.2. The molecule has 2 N–H and O–H groups in total. The maximum Gasteiger partial charge on any atom is 0.275 e. The largest absolute Gasteiger partial charge is 0.392 e. The van der Waals surface area contributed by atoms with E-state index < -0.39 is 23.3 Å². The van der Waals surface area contributed by atoms with Crippen LogP contribution in [0, 0.1) is 12.7 Å². The summed E-state index contributed by atoms with van der Waals surface area (Å²) in [5.41, 5.74) is -0.366. The maximum absolute atomic E-state index is 13.9. The average molecular weight is 305 g/mol. The Morgan fingerprint density at radius 3 is 2.77 bits per heavy atom. The van der Waals surface area contributed by atoms with Crippen LogP contribution in [0.3, 0.4) is 0 Å². The molecule has 7 heteroatoms. The Morgan fingerprint density at radius 1 is 1.45 bits per heavy atom. The summed E-state index contributed by atoms with van der Waals surface area (Å²) in [6.45, 7) is 3.09. The molecule has 1 amide bonds. The van der Waals surface area contributed by atoms with Crippen molar-refractivity contribution in [1.29, 1.82) is 0 Å². The first-order valence-electron chi connectivity index (χ1n) is 6.72. The molecule has 116 valence electrons. The van der Waals surface area contributed by atoms with E-state index >= 15 is 0 Å². The summed E-state index contributed by atoms with van der Waals surface area (Å²) in [7, 11) is 0. The predicted octanol–water partition coefficient (Wildman–Crippen LogP) is 0.791. The Balaban J connectivity index is 2.46. The van der Waals surface area contributed by atoms with Crippen LogP contribution in [0.4, 0.5) is 4.39 Å². The number of aryl methyl sites for hydroxylation is 1. The topological polar surface area (TPSA) is 84.2 Å².